The molecule has 0 unspecified atom stereocenters. The maximum Gasteiger partial charge on any atom is 0.272 e. The van der Waals surface area contributed by atoms with Crippen molar-refractivity contribution < 1.29 is 4.79 Å². The van der Waals surface area contributed by atoms with Crippen LogP contribution in [0.2, 0.25) is 0 Å². The molecule has 1 saturated heterocycles. The Morgan fingerprint density at radius 1 is 1.30 bits per heavy atom. The standard InChI is InChI=1S/C15H24N4O/c1-18(2)11-8-16-13-6-7-14(17-12-13)15(20)19-9-4-3-5-10-19/h6-7,12,16H,3-5,8-11H2,1-2H3. The number of pyridine rings is 1. The smallest absolute Gasteiger partial charge is 0.272 e. The summed E-state index contributed by atoms with van der Waals surface area (Å²) in [6, 6.07) is 3.74. The van der Waals surface area contributed by atoms with Gasteiger partial charge in [0.05, 0.1) is 11.9 Å². The van der Waals surface area contributed by atoms with Gasteiger partial charge in [-0.25, -0.2) is 4.98 Å². The Morgan fingerprint density at radius 2 is 2.05 bits per heavy atom. The van der Waals surface area contributed by atoms with E-state index in [2.05, 4.69) is 15.2 Å². The first-order valence-corrected chi connectivity index (χ1v) is 7.31. The average molecular weight is 276 g/mol. The number of amides is 1. The van der Waals surface area contributed by atoms with Crippen molar-refractivity contribution in [3.8, 4) is 0 Å². The zero-order valence-electron chi connectivity index (χ0n) is 12.4. The molecule has 5 heteroatoms. The van der Waals surface area contributed by atoms with E-state index in [1.165, 1.54) is 6.42 Å². The molecule has 5 nitrogen and oxygen atoms in total. The van der Waals surface area contributed by atoms with Gasteiger partial charge in [0.25, 0.3) is 5.91 Å². The van der Waals surface area contributed by atoms with Crippen LogP contribution in [0.5, 0.6) is 0 Å². The minimum absolute atomic E-state index is 0.0598. The van der Waals surface area contributed by atoms with E-state index < -0.39 is 0 Å². The fourth-order valence-corrected chi connectivity index (χ4v) is 2.31. The molecule has 1 N–H and O–H groups in total. The number of likely N-dealkylation sites (tertiary alicyclic amines) is 1. The van der Waals surface area contributed by atoms with E-state index in [-0.39, 0.29) is 5.91 Å². The lowest BCUT2D eigenvalue weighted by atomic mass is 10.1. The van der Waals surface area contributed by atoms with Crippen LogP contribution < -0.4 is 5.32 Å². The van der Waals surface area contributed by atoms with E-state index in [0.717, 1.165) is 44.7 Å². The normalized spacial score (nSPS) is 15.4. The Morgan fingerprint density at radius 3 is 2.65 bits per heavy atom. The molecule has 1 aromatic heterocycles. The third-order valence-electron chi connectivity index (χ3n) is 3.51. The van der Waals surface area contributed by atoms with Gasteiger partial charge in [0.1, 0.15) is 5.69 Å². The lowest BCUT2D eigenvalue weighted by molar-refractivity contribution is 0.0718. The number of carbonyl (C=O) groups excluding carboxylic acids is 1. The van der Waals surface area contributed by atoms with E-state index in [9.17, 15) is 4.79 Å². The van der Waals surface area contributed by atoms with Gasteiger partial charge in [0.15, 0.2) is 0 Å². The molecule has 1 fully saturated rings. The summed E-state index contributed by atoms with van der Waals surface area (Å²) in [6.45, 7) is 3.56. The first kappa shape index (κ1) is 14.8. The van der Waals surface area contributed by atoms with Crippen LogP contribution >= 0.6 is 0 Å². The molecule has 0 spiro atoms. The summed E-state index contributed by atoms with van der Waals surface area (Å²) in [7, 11) is 4.08. The molecule has 1 amide bonds. The summed E-state index contributed by atoms with van der Waals surface area (Å²) in [5, 5.41) is 3.29. The number of rotatable bonds is 5. The van der Waals surface area contributed by atoms with Gasteiger partial charge in [0, 0.05) is 26.2 Å². The molecule has 0 bridgehead atoms. The summed E-state index contributed by atoms with van der Waals surface area (Å²) in [4.78, 5) is 20.6. The predicted molar refractivity (Wildman–Crippen MR) is 81.0 cm³/mol. The van der Waals surface area contributed by atoms with E-state index in [4.69, 9.17) is 0 Å². The second-order valence-corrected chi connectivity index (χ2v) is 5.52. The Balaban J connectivity index is 1.88. The number of anilines is 1. The predicted octanol–water partition coefficient (Wildman–Crippen LogP) is 1.68. The van der Waals surface area contributed by atoms with Crippen molar-refractivity contribution in [3.05, 3.63) is 24.0 Å². The van der Waals surface area contributed by atoms with Gasteiger partial charge in [-0.05, 0) is 45.5 Å². The maximum atomic E-state index is 12.3. The van der Waals surface area contributed by atoms with Crippen LogP contribution in [-0.2, 0) is 0 Å². The largest absolute Gasteiger partial charge is 0.383 e. The Bertz CT molecular complexity index is 424. The van der Waals surface area contributed by atoms with Gasteiger partial charge in [-0.1, -0.05) is 0 Å². The van der Waals surface area contributed by atoms with Crippen LogP contribution in [0.15, 0.2) is 18.3 Å². The lowest BCUT2D eigenvalue weighted by Crippen LogP contribution is -2.36. The second kappa shape index (κ2) is 7.24. The zero-order chi connectivity index (χ0) is 14.4. The number of likely N-dealkylation sites (N-methyl/N-ethyl adjacent to an activating group) is 1. The third kappa shape index (κ3) is 4.20. The van der Waals surface area contributed by atoms with Crippen molar-refractivity contribution in [1.29, 1.82) is 0 Å². The van der Waals surface area contributed by atoms with Gasteiger partial charge in [-0.15, -0.1) is 0 Å². The van der Waals surface area contributed by atoms with Crippen molar-refractivity contribution in [2.75, 3.05) is 45.6 Å². The van der Waals surface area contributed by atoms with Crippen LogP contribution in [0.25, 0.3) is 0 Å². The fraction of sp³-hybridized carbons (Fsp3) is 0.600. The highest BCUT2D eigenvalue weighted by molar-refractivity contribution is 5.92. The molecule has 0 aromatic carbocycles. The Kier molecular flexibility index (Phi) is 5.35. The number of carbonyl (C=O) groups is 1. The van der Waals surface area contributed by atoms with Crippen LogP contribution in [0, 0.1) is 0 Å². The summed E-state index contributed by atoms with van der Waals surface area (Å²) in [6.07, 6.45) is 5.19. The molecule has 1 aromatic rings. The van der Waals surface area contributed by atoms with Crippen LogP contribution in [0.4, 0.5) is 5.69 Å². The second-order valence-electron chi connectivity index (χ2n) is 5.52. The number of nitrogens with one attached hydrogen (secondary N) is 1. The molecule has 1 aliphatic heterocycles. The van der Waals surface area contributed by atoms with Crippen molar-refractivity contribution >= 4 is 11.6 Å². The monoisotopic (exact) mass is 276 g/mol. The first-order chi connectivity index (χ1) is 9.66. The minimum Gasteiger partial charge on any atom is -0.383 e. The Labute approximate surface area is 121 Å². The molecule has 0 aliphatic carbocycles. The number of piperidine rings is 1. The molecule has 2 rings (SSSR count). The Hall–Kier alpha value is -1.62. The van der Waals surface area contributed by atoms with E-state index >= 15 is 0 Å². The van der Waals surface area contributed by atoms with Gasteiger partial charge >= 0.3 is 0 Å². The van der Waals surface area contributed by atoms with Crippen LogP contribution in [-0.4, -0.2) is 61.0 Å². The maximum absolute atomic E-state index is 12.3. The highest BCUT2D eigenvalue weighted by Gasteiger charge is 2.18. The molecule has 0 saturated carbocycles. The quantitative estimate of drug-likeness (QED) is 0.889. The van der Waals surface area contributed by atoms with Crippen molar-refractivity contribution in [1.82, 2.24) is 14.8 Å². The summed E-state index contributed by atoms with van der Waals surface area (Å²) in [5.41, 5.74) is 1.51. The van der Waals surface area contributed by atoms with Crippen molar-refractivity contribution in [3.63, 3.8) is 0 Å². The summed E-state index contributed by atoms with van der Waals surface area (Å²) >= 11 is 0. The number of nitrogens with zero attached hydrogens (tertiary/aromatic N) is 3. The average Bonchev–Trinajstić information content (AvgIpc) is 2.48. The third-order valence-corrected chi connectivity index (χ3v) is 3.51. The fourth-order valence-electron chi connectivity index (χ4n) is 2.31. The van der Waals surface area contributed by atoms with E-state index in [1.807, 2.05) is 31.1 Å². The molecular weight excluding hydrogens is 252 g/mol. The van der Waals surface area contributed by atoms with Crippen LogP contribution in [0.3, 0.4) is 0 Å². The highest BCUT2D eigenvalue weighted by atomic mass is 16.2. The van der Waals surface area contributed by atoms with Gasteiger partial charge in [-0.3, -0.25) is 4.79 Å². The highest BCUT2D eigenvalue weighted by Crippen LogP contribution is 2.13. The first-order valence-electron chi connectivity index (χ1n) is 7.31. The van der Waals surface area contributed by atoms with Gasteiger partial charge < -0.3 is 15.1 Å². The molecular formula is C15H24N4O. The molecule has 0 radical (unpaired) electrons. The molecule has 1 aliphatic rings. The SMILES string of the molecule is CN(C)CCNc1ccc(C(=O)N2CCCCC2)nc1. The minimum atomic E-state index is 0.0598. The number of aromatic nitrogens is 1. The molecule has 0 atom stereocenters. The summed E-state index contributed by atoms with van der Waals surface area (Å²) in [5.74, 6) is 0.0598. The van der Waals surface area contributed by atoms with E-state index in [1.54, 1.807) is 6.20 Å². The lowest BCUT2D eigenvalue weighted by Gasteiger charge is -2.26. The number of hydrogen-bond acceptors (Lipinski definition) is 4. The topological polar surface area (TPSA) is 48.5 Å². The van der Waals surface area contributed by atoms with Gasteiger partial charge in [-0.2, -0.15) is 0 Å². The molecule has 2 heterocycles. The summed E-state index contributed by atoms with van der Waals surface area (Å²) < 4.78 is 0. The zero-order valence-corrected chi connectivity index (χ0v) is 12.4. The molecule has 20 heavy (non-hydrogen) atoms. The van der Waals surface area contributed by atoms with Crippen LogP contribution in [0.1, 0.15) is 29.8 Å². The number of hydrogen-bond donors (Lipinski definition) is 1. The molecule has 110 valence electrons. The van der Waals surface area contributed by atoms with E-state index in [0.29, 0.717) is 5.69 Å². The van der Waals surface area contributed by atoms with Crippen molar-refractivity contribution in [2.24, 2.45) is 0 Å². The van der Waals surface area contributed by atoms with Crippen molar-refractivity contribution in [2.45, 2.75) is 19.3 Å². The van der Waals surface area contributed by atoms with Gasteiger partial charge in [0.2, 0.25) is 0 Å².